The largest absolute Gasteiger partial charge is 0.461 e. The summed E-state index contributed by atoms with van der Waals surface area (Å²) in [6, 6.07) is 3.07. The molecule has 1 aromatic rings. The van der Waals surface area contributed by atoms with Crippen molar-refractivity contribution in [1.82, 2.24) is 4.98 Å². The van der Waals surface area contributed by atoms with Crippen molar-refractivity contribution in [2.24, 2.45) is 29.1 Å². The van der Waals surface area contributed by atoms with Crippen LogP contribution in [0.2, 0.25) is 0 Å². The Morgan fingerprint density at radius 2 is 1.80 bits per heavy atom. The SMILES string of the molecule is C=C(C)[C@H]1C=C[C@@H](OC(C)=O)[C@]23CO[C@@](O)([C@@](C)(O)[C@H]12)[C@@]1(OC(C)=O)C[C@H](C)[C@H](OC(=O)CCC)[C@@H]1[C@H]3OC(=O)c1cccnc1. The number of ether oxygens (including phenoxy) is 5. The highest BCUT2D eigenvalue weighted by molar-refractivity contribution is 5.89. The maximum absolute atomic E-state index is 14.0. The van der Waals surface area contributed by atoms with Crippen molar-refractivity contribution >= 4 is 23.9 Å². The summed E-state index contributed by atoms with van der Waals surface area (Å²) in [5.41, 5.74) is -5.26. The summed E-state index contributed by atoms with van der Waals surface area (Å²) in [6.07, 6.45) is 2.97. The Balaban J connectivity index is 1.87. The standard InChI is InChI=1S/C34H43NO11/c1-8-10-25(38)44-27-19(4)15-33(46-21(6)37)26(27)29(45-30(39)22-11-9-14-35-16-22)32-17-42-34(33,41)31(7,40)28(32)23(18(2)3)12-13-24(32)43-20(5)36/h9,11-14,16,19,23-24,26-29,40-41H,2,8,10,15,17H2,1,3-7H3/t19-,23+,24+,26+,27-,28-,29+,31-,32+,33+,34-/m0/s1. The molecule has 3 aliphatic carbocycles. The van der Waals surface area contributed by atoms with Crippen molar-refractivity contribution in [3.05, 3.63) is 54.4 Å². The van der Waals surface area contributed by atoms with Gasteiger partial charge in [-0.15, -0.1) is 0 Å². The summed E-state index contributed by atoms with van der Waals surface area (Å²) in [5, 5.41) is 25.6. The molecule has 4 fully saturated rings. The van der Waals surface area contributed by atoms with Gasteiger partial charge in [0, 0.05) is 44.5 Å². The van der Waals surface area contributed by atoms with Crippen LogP contribution in [0.3, 0.4) is 0 Å². The first kappa shape index (κ1) is 33.7. The Morgan fingerprint density at radius 3 is 2.39 bits per heavy atom. The fourth-order valence-corrected chi connectivity index (χ4v) is 8.76. The second-order valence-corrected chi connectivity index (χ2v) is 13.4. The number of carbonyl (C=O) groups is 4. The lowest BCUT2D eigenvalue weighted by atomic mass is 9.52. The van der Waals surface area contributed by atoms with E-state index in [4.69, 9.17) is 23.7 Å². The average Bonchev–Trinajstić information content (AvgIpc) is 3.18. The molecule has 0 radical (unpaired) electrons. The van der Waals surface area contributed by atoms with Gasteiger partial charge in [-0.05, 0) is 50.8 Å². The molecule has 2 saturated carbocycles. The van der Waals surface area contributed by atoms with E-state index in [1.54, 1.807) is 32.1 Å². The number of nitrogens with zero attached hydrogens (tertiary/aromatic N) is 1. The number of aliphatic hydroxyl groups is 2. The highest BCUT2D eigenvalue weighted by Crippen LogP contribution is 2.70. The molecule has 46 heavy (non-hydrogen) atoms. The number of rotatable bonds is 8. The number of allylic oxidation sites excluding steroid dienone is 2. The molecule has 0 unspecified atom stereocenters. The molecule has 6 rings (SSSR count). The van der Waals surface area contributed by atoms with E-state index >= 15 is 0 Å². The Labute approximate surface area is 268 Å². The number of fused-ring (bicyclic) bond motifs is 1. The van der Waals surface area contributed by atoms with E-state index in [2.05, 4.69) is 11.6 Å². The molecule has 11 atom stereocenters. The Bertz CT molecular complexity index is 1440. The van der Waals surface area contributed by atoms with Gasteiger partial charge in [0.05, 0.1) is 23.5 Å². The normalized spacial score (nSPS) is 40.6. The molecule has 0 amide bonds. The highest BCUT2D eigenvalue weighted by Gasteiger charge is 2.86. The quantitative estimate of drug-likeness (QED) is 0.242. The molecule has 2 bridgehead atoms. The van der Waals surface area contributed by atoms with Crippen molar-refractivity contribution in [1.29, 1.82) is 0 Å². The van der Waals surface area contributed by atoms with Crippen LogP contribution in [0.25, 0.3) is 0 Å². The van der Waals surface area contributed by atoms with Gasteiger partial charge >= 0.3 is 23.9 Å². The molecule has 12 nitrogen and oxygen atoms in total. The fourth-order valence-electron chi connectivity index (χ4n) is 8.76. The highest BCUT2D eigenvalue weighted by atomic mass is 16.7. The van der Waals surface area contributed by atoms with Crippen LogP contribution < -0.4 is 0 Å². The number of esters is 4. The number of aromatic nitrogens is 1. The zero-order valence-corrected chi connectivity index (χ0v) is 27.1. The Morgan fingerprint density at radius 1 is 1.09 bits per heavy atom. The minimum Gasteiger partial charge on any atom is -0.461 e. The monoisotopic (exact) mass is 641 g/mol. The fraction of sp³-hybridized carbons (Fsp3) is 0.618. The third-order valence-electron chi connectivity index (χ3n) is 10.3. The van der Waals surface area contributed by atoms with Crippen LogP contribution in [0.15, 0.2) is 48.8 Å². The predicted octanol–water partition coefficient (Wildman–Crippen LogP) is 3.06. The summed E-state index contributed by atoms with van der Waals surface area (Å²) < 4.78 is 30.9. The molecule has 3 heterocycles. The van der Waals surface area contributed by atoms with Gasteiger partial charge in [-0.3, -0.25) is 19.4 Å². The Hall–Kier alpha value is -3.61. The van der Waals surface area contributed by atoms with E-state index in [-0.39, 0.29) is 18.4 Å². The number of pyridine rings is 1. The topological polar surface area (TPSA) is 168 Å². The minimum absolute atomic E-state index is 0.0828. The lowest BCUT2D eigenvalue weighted by Crippen LogP contribution is -2.77. The first-order chi connectivity index (χ1) is 21.6. The van der Waals surface area contributed by atoms with E-state index in [1.807, 2.05) is 6.92 Å². The van der Waals surface area contributed by atoms with Gasteiger partial charge in [-0.2, -0.15) is 0 Å². The lowest BCUT2D eigenvalue weighted by molar-refractivity contribution is -0.411. The predicted molar refractivity (Wildman–Crippen MR) is 160 cm³/mol. The second-order valence-electron chi connectivity index (χ2n) is 13.4. The van der Waals surface area contributed by atoms with Gasteiger partial charge in [0.15, 0.2) is 5.60 Å². The van der Waals surface area contributed by atoms with Crippen LogP contribution in [0.4, 0.5) is 0 Å². The number of hydrogen-bond donors (Lipinski definition) is 2. The van der Waals surface area contributed by atoms with E-state index in [9.17, 15) is 29.4 Å². The number of carbonyl (C=O) groups excluding carboxylic acids is 4. The third-order valence-corrected chi connectivity index (χ3v) is 10.3. The first-order valence-electron chi connectivity index (χ1n) is 15.7. The van der Waals surface area contributed by atoms with Crippen LogP contribution in [-0.2, 0) is 38.1 Å². The maximum atomic E-state index is 14.0. The third kappa shape index (κ3) is 4.87. The molecule has 12 heteroatoms. The smallest absolute Gasteiger partial charge is 0.340 e. The molecule has 0 aromatic carbocycles. The minimum atomic E-state index is -2.61. The summed E-state index contributed by atoms with van der Waals surface area (Å²) in [7, 11) is 0. The van der Waals surface area contributed by atoms with E-state index in [0.717, 1.165) is 6.92 Å². The molecular weight excluding hydrogens is 598 g/mol. The van der Waals surface area contributed by atoms with Crippen LogP contribution in [0.5, 0.6) is 0 Å². The first-order valence-corrected chi connectivity index (χ1v) is 15.7. The molecule has 1 aromatic heterocycles. The second kappa shape index (κ2) is 11.9. The maximum Gasteiger partial charge on any atom is 0.340 e. The van der Waals surface area contributed by atoms with E-state index < -0.39 is 94.9 Å². The van der Waals surface area contributed by atoms with Crippen LogP contribution in [0.1, 0.15) is 71.2 Å². The number of hydrogen-bond acceptors (Lipinski definition) is 12. The molecular formula is C34H43NO11. The summed E-state index contributed by atoms with van der Waals surface area (Å²) >= 11 is 0. The molecule has 2 saturated heterocycles. The zero-order chi connectivity index (χ0) is 33.8. The Kier molecular flexibility index (Phi) is 8.71. The molecule has 2 N–H and O–H groups in total. The summed E-state index contributed by atoms with van der Waals surface area (Å²) in [5.74, 6) is -9.02. The van der Waals surface area contributed by atoms with E-state index in [0.29, 0.717) is 12.0 Å². The molecule has 250 valence electrons. The molecule has 2 aliphatic heterocycles. The molecule has 5 aliphatic rings. The average molecular weight is 642 g/mol. The van der Waals surface area contributed by atoms with Gasteiger partial charge in [0.2, 0.25) is 5.79 Å². The van der Waals surface area contributed by atoms with Crippen molar-refractivity contribution in [2.45, 2.75) is 96.1 Å². The van der Waals surface area contributed by atoms with Gasteiger partial charge in [-0.25, -0.2) is 4.79 Å². The van der Waals surface area contributed by atoms with Gasteiger partial charge in [0.1, 0.15) is 23.9 Å². The van der Waals surface area contributed by atoms with Gasteiger partial charge in [0.25, 0.3) is 0 Å². The van der Waals surface area contributed by atoms with Crippen LogP contribution in [-0.4, -0.2) is 81.0 Å². The van der Waals surface area contributed by atoms with Crippen molar-refractivity contribution in [3.8, 4) is 0 Å². The summed E-state index contributed by atoms with van der Waals surface area (Å²) in [6.45, 7) is 12.8. The molecule has 1 spiro atoms. The van der Waals surface area contributed by atoms with E-state index in [1.165, 1.54) is 32.3 Å². The van der Waals surface area contributed by atoms with Gasteiger partial charge in [-0.1, -0.05) is 32.1 Å². The van der Waals surface area contributed by atoms with Crippen LogP contribution >= 0.6 is 0 Å². The lowest BCUT2D eigenvalue weighted by Gasteiger charge is -2.62. The van der Waals surface area contributed by atoms with Crippen molar-refractivity contribution in [3.63, 3.8) is 0 Å². The summed E-state index contributed by atoms with van der Waals surface area (Å²) in [4.78, 5) is 56.8. The zero-order valence-electron chi connectivity index (χ0n) is 27.1. The van der Waals surface area contributed by atoms with Crippen molar-refractivity contribution in [2.75, 3.05) is 6.61 Å². The van der Waals surface area contributed by atoms with Crippen molar-refractivity contribution < 1.29 is 53.1 Å². The van der Waals surface area contributed by atoms with Crippen LogP contribution in [0, 0.1) is 29.1 Å². The van der Waals surface area contributed by atoms with Gasteiger partial charge < -0.3 is 33.9 Å².